The van der Waals surface area contributed by atoms with Gasteiger partial charge in [0.05, 0.1) is 27.6 Å². The van der Waals surface area contributed by atoms with Gasteiger partial charge >= 0.3 is 5.97 Å². The average Bonchev–Trinajstić information content (AvgIpc) is 2.91. The summed E-state index contributed by atoms with van der Waals surface area (Å²) in [5.74, 6) is -0.843. The first-order chi connectivity index (χ1) is 18.6. The maximum absolute atomic E-state index is 12.9. The largest absolute Gasteiger partial charge is 0.464 e. The van der Waals surface area contributed by atoms with Gasteiger partial charge in [0.15, 0.2) is 11.8 Å². The molecule has 1 aromatic heterocycles. The van der Waals surface area contributed by atoms with E-state index in [0.717, 1.165) is 10.5 Å². The lowest BCUT2D eigenvalue weighted by atomic mass is 9.68. The number of thioether (sulfide) groups is 1. The number of Topliss-reactive ketones (excluding diaryl/α,β-unsaturated/α-hetero) is 1. The van der Waals surface area contributed by atoms with E-state index in [2.05, 4.69) is 10.3 Å². The van der Waals surface area contributed by atoms with Gasteiger partial charge in [-0.3, -0.25) is 19.6 Å². The molecule has 1 fully saturated rings. The topological polar surface area (TPSA) is 97.7 Å². The predicted octanol–water partition coefficient (Wildman–Crippen LogP) is 6.33. The van der Waals surface area contributed by atoms with E-state index in [9.17, 15) is 14.4 Å². The summed E-state index contributed by atoms with van der Waals surface area (Å²) >= 11 is 13.6. The molecule has 0 spiro atoms. The van der Waals surface area contributed by atoms with Crippen LogP contribution in [0.25, 0.3) is 0 Å². The summed E-state index contributed by atoms with van der Waals surface area (Å²) in [6.45, 7) is 5.62. The van der Waals surface area contributed by atoms with Crippen molar-refractivity contribution in [3.63, 3.8) is 0 Å². The Kier molecular flexibility index (Phi) is 9.10. The van der Waals surface area contributed by atoms with Gasteiger partial charge in [-0.2, -0.15) is 0 Å². The second-order valence-electron chi connectivity index (χ2n) is 9.42. The molecule has 0 saturated heterocycles. The Morgan fingerprint density at radius 2 is 1.72 bits per heavy atom. The predicted molar refractivity (Wildman–Crippen MR) is 155 cm³/mol. The number of esters is 1. The Hall–Kier alpha value is -3.20. The van der Waals surface area contributed by atoms with Gasteiger partial charge in [0.1, 0.15) is 5.25 Å². The fourth-order valence-corrected chi connectivity index (χ4v) is 6.15. The van der Waals surface area contributed by atoms with Crippen molar-refractivity contribution in [3.8, 4) is 0 Å². The molecular formula is C29H27Cl2N3O4S. The van der Waals surface area contributed by atoms with Crippen molar-refractivity contribution < 1.29 is 19.1 Å². The number of carbonyl (C=O) groups is 3. The molecule has 1 N–H and O–H groups in total. The van der Waals surface area contributed by atoms with Gasteiger partial charge < -0.3 is 10.1 Å². The van der Waals surface area contributed by atoms with Crippen LogP contribution in [-0.4, -0.2) is 46.3 Å². The fraction of sp³-hybridized carbons (Fsp3) is 0.276. The number of amides is 1. The zero-order valence-electron chi connectivity index (χ0n) is 21.6. The standard InChI is InChI=1S/C29H27Cl2N3O4S/c1-4-38-28(37)22(34-25-24(26(35)29(25,2)3)39-19-8-6-5-7-9-19)14-17-10-12-18(13-11-17)33-27(36)23-20(30)15-32-16-21(23)31/h5-13,15-16,22,24H,4,14H2,1-3H3,(H,33,36)/t22-,24?/m0/s1. The summed E-state index contributed by atoms with van der Waals surface area (Å²) < 4.78 is 5.32. The number of pyridine rings is 1. The lowest BCUT2D eigenvalue weighted by Gasteiger charge is -2.42. The summed E-state index contributed by atoms with van der Waals surface area (Å²) in [6.07, 6.45) is 2.97. The quantitative estimate of drug-likeness (QED) is 0.296. The van der Waals surface area contributed by atoms with Crippen LogP contribution in [0, 0.1) is 5.41 Å². The molecule has 10 heteroatoms. The molecule has 1 amide bonds. The highest BCUT2D eigenvalue weighted by Gasteiger charge is 2.54. The van der Waals surface area contributed by atoms with Gasteiger partial charge in [-0.15, -0.1) is 11.8 Å². The number of nitrogens with one attached hydrogen (secondary N) is 1. The Morgan fingerprint density at radius 3 is 2.33 bits per heavy atom. The van der Waals surface area contributed by atoms with Crippen molar-refractivity contribution in [2.45, 2.75) is 43.4 Å². The molecule has 7 nitrogen and oxygen atoms in total. The SMILES string of the molecule is CCOC(=O)[C@H](Cc1ccc(NC(=O)c2c(Cl)cncc2Cl)cc1)N=C1C(Sc2ccccc2)C(=O)C1(C)C. The number of hydrogen-bond acceptors (Lipinski definition) is 7. The first-order valence-electron chi connectivity index (χ1n) is 12.3. The zero-order valence-corrected chi connectivity index (χ0v) is 23.9. The highest BCUT2D eigenvalue weighted by Crippen LogP contribution is 2.43. The van der Waals surface area contributed by atoms with Crippen molar-refractivity contribution >= 4 is 64.0 Å². The molecule has 4 rings (SSSR count). The van der Waals surface area contributed by atoms with Crippen molar-refractivity contribution in [1.29, 1.82) is 0 Å². The Bertz CT molecular complexity index is 1390. The fourth-order valence-electron chi connectivity index (χ4n) is 4.16. The van der Waals surface area contributed by atoms with E-state index >= 15 is 0 Å². The Morgan fingerprint density at radius 1 is 1.08 bits per heavy atom. The van der Waals surface area contributed by atoms with Crippen LogP contribution in [0.5, 0.6) is 0 Å². The lowest BCUT2D eigenvalue weighted by molar-refractivity contribution is -0.144. The van der Waals surface area contributed by atoms with Crippen LogP contribution in [0.3, 0.4) is 0 Å². The van der Waals surface area contributed by atoms with Crippen LogP contribution >= 0.6 is 35.0 Å². The molecule has 3 aromatic rings. The van der Waals surface area contributed by atoms with Gasteiger partial charge in [0.25, 0.3) is 5.91 Å². The number of rotatable bonds is 9. The third kappa shape index (κ3) is 6.52. The second-order valence-corrected chi connectivity index (χ2v) is 11.4. The number of aliphatic imine (C=N–C) groups is 1. The molecule has 1 unspecified atom stereocenters. The monoisotopic (exact) mass is 583 g/mol. The van der Waals surface area contributed by atoms with Crippen LogP contribution in [0.15, 0.2) is 76.9 Å². The maximum Gasteiger partial charge on any atom is 0.331 e. The number of halogens is 2. The Balaban J connectivity index is 1.53. The highest BCUT2D eigenvalue weighted by atomic mass is 35.5. The minimum Gasteiger partial charge on any atom is -0.464 e. The van der Waals surface area contributed by atoms with E-state index < -0.39 is 28.6 Å². The molecule has 0 radical (unpaired) electrons. The number of aromatic nitrogens is 1. The summed E-state index contributed by atoms with van der Waals surface area (Å²) in [7, 11) is 0. The van der Waals surface area contributed by atoms with E-state index in [1.807, 2.05) is 44.2 Å². The molecule has 202 valence electrons. The Labute approximate surface area is 241 Å². The minimum atomic E-state index is -0.818. The van der Waals surface area contributed by atoms with Crippen LogP contribution in [-0.2, 0) is 20.7 Å². The molecular weight excluding hydrogens is 557 g/mol. The van der Waals surface area contributed by atoms with Gasteiger partial charge in [0, 0.05) is 35.1 Å². The van der Waals surface area contributed by atoms with Crippen molar-refractivity contribution in [2.75, 3.05) is 11.9 Å². The van der Waals surface area contributed by atoms with Crippen LogP contribution in [0.2, 0.25) is 10.0 Å². The number of nitrogens with zero attached hydrogens (tertiary/aromatic N) is 2. The number of carbonyl (C=O) groups excluding carboxylic acids is 3. The van der Waals surface area contributed by atoms with E-state index in [1.54, 1.807) is 31.2 Å². The van der Waals surface area contributed by atoms with Crippen molar-refractivity contribution in [2.24, 2.45) is 10.4 Å². The molecule has 1 aliphatic carbocycles. The lowest BCUT2D eigenvalue weighted by Crippen LogP contribution is -2.58. The van der Waals surface area contributed by atoms with E-state index in [1.165, 1.54) is 24.2 Å². The van der Waals surface area contributed by atoms with Crippen molar-refractivity contribution in [3.05, 3.63) is 88.2 Å². The third-order valence-electron chi connectivity index (χ3n) is 6.31. The highest BCUT2D eigenvalue weighted by molar-refractivity contribution is 8.01. The van der Waals surface area contributed by atoms with Gasteiger partial charge in [-0.1, -0.05) is 53.5 Å². The third-order valence-corrected chi connectivity index (χ3v) is 8.11. The summed E-state index contributed by atoms with van der Waals surface area (Å²) in [6, 6.07) is 15.9. The molecule has 1 aliphatic rings. The maximum atomic E-state index is 12.9. The molecule has 0 bridgehead atoms. The first-order valence-corrected chi connectivity index (χ1v) is 14.0. The number of anilines is 1. The van der Waals surface area contributed by atoms with Crippen LogP contribution in [0.1, 0.15) is 36.7 Å². The molecule has 2 aromatic carbocycles. The summed E-state index contributed by atoms with van der Waals surface area (Å²) in [4.78, 5) is 48.1. The van der Waals surface area contributed by atoms with Gasteiger partial charge in [0.2, 0.25) is 0 Å². The van der Waals surface area contributed by atoms with E-state index in [-0.39, 0.29) is 34.4 Å². The molecule has 0 aliphatic heterocycles. The van der Waals surface area contributed by atoms with E-state index in [4.69, 9.17) is 32.9 Å². The van der Waals surface area contributed by atoms with E-state index in [0.29, 0.717) is 11.4 Å². The van der Waals surface area contributed by atoms with Crippen LogP contribution < -0.4 is 5.32 Å². The molecule has 39 heavy (non-hydrogen) atoms. The molecule has 1 saturated carbocycles. The summed E-state index contributed by atoms with van der Waals surface area (Å²) in [5.41, 5.74) is 1.38. The summed E-state index contributed by atoms with van der Waals surface area (Å²) in [5, 5.41) is 2.60. The smallest absolute Gasteiger partial charge is 0.331 e. The number of hydrogen-bond donors (Lipinski definition) is 1. The molecule has 2 atom stereocenters. The normalized spacial score (nSPS) is 17.8. The van der Waals surface area contributed by atoms with Gasteiger partial charge in [-0.25, -0.2) is 4.79 Å². The minimum absolute atomic E-state index is 0.0761. The number of benzene rings is 2. The molecule has 1 heterocycles. The number of ether oxygens (including phenoxy) is 1. The average molecular weight is 585 g/mol. The van der Waals surface area contributed by atoms with Crippen molar-refractivity contribution in [1.82, 2.24) is 4.98 Å². The van der Waals surface area contributed by atoms with Gasteiger partial charge in [-0.05, 0) is 50.6 Å². The first kappa shape index (κ1) is 28.8. The number of ketones is 1. The second kappa shape index (κ2) is 12.3. The zero-order chi connectivity index (χ0) is 28.2. The van der Waals surface area contributed by atoms with Crippen LogP contribution in [0.4, 0.5) is 5.69 Å².